The highest BCUT2D eigenvalue weighted by Gasteiger charge is 2.16. The molecule has 31 heavy (non-hydrogen) atoms. The number of halogens is 1. The first-order valence-corrected chi connectivity index (χ1v) is 10.1. The molecule has 0 unspecified atom stereocenters. The van der Waals surface area contributed by atoms with E-state index in [4.69, 9.17) is 11.6 Å². The van der Waals surface area contributed by atoms with Crippen LogP contribution in [0.3, 0.4) is 0 Å². The number of carbonyl (C=O) groups is 1. The van der Waals surface area contributed by atoms with Crippen molar-refractivity contribution in [1.29, 1.82) is 0 Å². The molecule has 0 aliphatic carbocycles. The number of hydrogen-bond acceptors (Lipinski definition) is 3. The van der Waals surface area contributed by atoms with Crippen LogP contribution in [0.15, 0.2) is 79.9 Å². The second-order valence-electron chi connectivity index (χ2n) is 7.13. The van der Waals surface area contributed by atoms with Gasteiger partial charge >= 0.3 is 0 Å². The molecule has 5 nitrogen and oxygen atoms in total. The molecule has 1 amide bonds. The summed E-state index contributed by atoms with van der Waals surface area (Å²) in [6.45, 7) is 4.06. The van der Waals surface area contributed by atoms with Gasteiger partial charge in [-0.1, -0.05) is 42.5 Å². The van der Waals surface area contributed by atoms with Gasteiger partial charge in [0, 0.05) is 41.6 Å². The number of hydrogen-bond donors (Lipinski definition) is 0. The maximum atomic E-state index is 12.6. The molecule has 0 saturated heterocycles. The predicted octanol–water partition coefficient (Wildman–Crippen LogP) is 5.51. The average Bonchev–Trinajstić information content (AvgIpc) is 3.12. The van der Waals surface area contributed by atoms with Gasteiger partial charge in [0.15, 0.2) is 0 Å². The number of amides is 1. The van der Waals surface area contributed by atoms with Crippen molar-refractivity contribution in [2.45, 2.75) is 6.54 Å². The highest BCUT2D eigenvalue weighted by Crippen LogP contribution is 2.27. The third kappa shape index (κ3) is 4.57. The fraction of sp³-hybridized carbons (Fsp3) is 0.0800. The summed E-state index contributed by atoms with van der Waals surface area (Å²) in [5.41, 5.74) is 4.58. The largest absolute Gasteiger partial charge is 0.335 e. The van der Waals surface area contributed by atoms with E-state index in [0.717, 1.165) is 27.7 Å². The van der Waals surface area contributed by atoms with E-state index in [2.05, 4.69) is 16.5 Å². The lowest BCUT2D eigenvalue weighted by atomic mass is 10.1. The molecule has 0 fully saturated rings. The molecule has 0 aliphatic heterocycles. The van der Waals surface area contributed by atoms with E-state index in [1.165, 1.54) is 6.08 Å². The van der Waals surface area contributed by atoms with Gasteiger partial charge in [-0.3, -0.25) is 9.78 Å². The first-order valence-electron chi connectivity index (χ1n) is 9.77. The van der Waals surface area contributed by atoms with E-state index >= 15 is 0 Å². The van der Waals surface area contributed by atoms with E-state index in [0.29, 0.717) is 17.3 Å². The Balaban J connectivity index is 1.72. The zero-order chi connectivity index (χ0) is 21.8. The van der Waals surface area contributed by atoms with Crippen LogP contribution in [0.2, 0.25) is 5.02 Å². The molecule has 0 aliphatic rings. The summed E-state index contributed by atoms with van der Waals surface area (Å²) < 4.78 is 1.98. The number of benzene rings is 1. The Morgan fingerprint density at radius 2 is 1.90 bits per heavy atom. The van der Waals surface area contributed by atoms with Crippen molar-refractivity contribution in [3.63, 3.8) is 0 Å². The van der Waals surface area contributed by atoms with Crippen LogP contribution in [0.25, 0.3) is 23.2 Å². The van der Waals surface area contributed by atoms with Gasteiger partial charge in [0.1, 0.15) is 5.65 Å². The Morgan fingerprint density at radius 1 is 1.16 bits per heavy atom. The number of carbonyl (C=O) groups excluding carboxylic acids is 1. The fourth-order valence-corrected chi connectivity index (χ4v) is 3.52. The topological polar surface area (TPSA) is 51.0 Å². The van der Waals surface area contributed by atoms with E-state index in [1.807, 2.05) is 72.4 Å². The smallest absolute Gasteiger partial charge is 0.250 e. The van der Waals surface area contributed by atoms with Crippen molar-refractivity contribution in [2.75, 3.05) is 4.90 Å². The van der Waals surface area contributed by atoms with E-state index in [1.54, 1.807) is 23.5 Å². The first-order chi connectivity index (χ1) is 15.0. The third-order valence-corrected chi connectivity index (χ3v) is 5.25. The molecule has 3 heterocycles. The van der Waals surface area contributed by atoms with Crippen LogP contribution in [-0.4, -0.2) is 20.4 Å². The summed E-state index contributed by atoms with van der Waals surface area (Å²) in [7, 11) is 1.96. The van der Waals surface area contributed by atoms with Gasteiger partial charge in [-0.25, -0.2) is 4.98 Å². The van der Waals surface area contributed by atoms with Crippen molar-refractivity contribution in [3.8, 4) is 0 Å². The number of fused-ring (bicyclic) bond motifs is 1. The van der Waals surface area contributed by atoms with Crippen LogP contribution < -0.4 is 4.90 Å². The molecule has 0 bridgehead atoms. The van der Waals surface area contributed by atoms with Crippen molar-refractivity contribution in [3.05, 3.63) is 102 Å². The minimum atomic E-state index is -0.188. The standard InChI is InChI=1S/C25H21ClN4O/c1-3-24(31)30(16-19-10-12-27-13-11-19)22-14-23-20(17-29(2)25(23)28-15-22)7-4-18-5-8-21(26)9-6-18/h3-15,17H,1,16H2,2H3/b7-4+. The van der Waals surface area contributed by atoms with Gasteiger partial charge in [0.25, 0.3) is 5.91 Å². The normalized spacial score (nSPS) is 11.2. The molecule has 1 aromatic carbocycles. The molecule has 6 heteroatoms. The number of aromatic nitrogens is 3. The van der Waals surface area contributed by atoms with E-state index < -0.39 is 0 Å². The third-order valence-electron chi connectivity index (χ3n) is 5.00. The Labute approximate surface area is 185 Å². The molecular formula is C25H21ClN4O. The predicted molar refractivity (Wildman–Crippen MR) is 127 cm³/mol. The average molecular weight is 429 g/mol. The molecule has 0 saturated carbocycles. The number of aryl methyl sites for hydroxylation is 1. The molecule has 0 N–H and O–H groups in total. The summed E-state index contributed by atoms with van der Waals surface area (Å²) in [6.07, 6.45) is 12.6. The van der Waals surface area contributed by atoms with Gasteiger partial charge in [-0.2, -0.15) is 0 Å². The second-order valence-corrected chi connectivity index (χ2v) is 7.57. The van der Waals surface area contributed by atoms with Crippen LogP contribution in [0.1, 0.15) is 16.7 Å². The maximum absolute atomic E-state index is 12.6. The zero-order valence-corrected chi connectivity index (χ0v) is 17.8. The van der Waals surface area contributed by atoms with Crippen molar-refractivity contribution < 1.29 is 4.79 Å². The Hall–Kier alpha value is -3.70. The van der Waals surface area contributed by atoms with E-state index in [9.17, 15) is 4.79 Å². The summed E-state index contributed by atoms with van der Waals surface area (Å²) >= 11 is 5.97. The number of anilines is 1. The Bertz CT molecular complexity index is 1260. The number of pyridine rings is 2. The van der Waals surface area contributed by atoms with Crippen molar-refractivity contribution >= 4 is 46.4 Å². The Kier molecular flexibility index (Phi) is 5.96. The lowest BCUT2D eigenvalue weighted by molar-refractivity contribution is -0.114. The van der Waals surface area contributed by atoms with Gasteiger partial charge in [0.05, 0.1) is 18.4 Å². The van der Waals surface area contributed by atoms with Crippen LogP contribution in [-0.2, 0) is 18.4 Å². The highest BCUT2D eigenvalue weighted by atomic mass is 35.5. The van der Waals surface area contributed by atoms with Gasteiger partial charge < -0.3 is 9.47 Å². The lowest BCUT2D eigenvalue weighted by Crippen LogP contribution is -2.28. The second kappa shape index (κ2) is 8.98. The molecule has 0 atom stereocenters. The van der Waals surface area contributed by atoms with Crippen LogP contribution in [0.5, 0.6) is 0 Å². The quantitative estimate of drug-likeness (QED) is 0.380. The molecule has 154 valence electrons. The van der Waals surface area contributed by atoms with E-state index in [-0.39, 0.29) is 5.91 Å². The molecule has 4 aromatic rings. The summed E-state index contributed by atoms with van der Waals surface area (Å²) in [5.74, 6) is -0.188. The highest BCUT2D eigenvalue weighted by molar-refractivity contribution is 6.30. The van der Waals surface area contributed by atoms with Crippen LogP contribution >= 0.6 is 11.6 Å². The number of nitrogens with zero attached hydrogens (tertiary/aromatic N) is 4. The Morgan fingerprint density at radius 3 is 2.61 bits per heavy atom. The van der Waals surface area contributed by atoms with Gasteiger partial charge in [-0.05, 0) is 47.5 Å². The summed E-state index contributed by atoms with van der Waals surface area (Å²) in [4.78, 5) is 22.9. The zero-order valence-electron chi connectivity index (χ0n) is 17.1. The molecular weight excluding hydrogens is 408 g/mol. The minimum Gasteiger partial charge on any atom is -0.335 e. The number of rotatable bonds is 6. The first kappa shape index (κ1) is 20.6. The van der Waals surface area contributed by atoms with Gasteiger partial charge in [0.2, 0.25) is 0 Å². The summed E-state index contributed by atoms with van der Waals surface area (Å²) in [5, 5.41) is 1.67. The molecule has 3 aromatic heterocycles. The van der Waals surface area contributed by atoms with Crippen molar-refractivity contribution in [2.24, 2.45) is 7.05 Å². The molecule has 0 radical (unpaired) electrons. The molecule has 4 rings (SSSR count). The SMILES string of the molecule is C=CC(=O)N(Cc1ccncc1)c1cnc2c(c1)c(/C=C/c1ccc(Cl)cc1)cn2C. The van der Waals surface area contributed by atoms with Crippen LogP contribution in [0.4, 0.5) is 5.69 Å². The minimum absolute atomic E-state index is 0.188. The van der Waals surface area contributed by atoms with Crippen LogP contribution in [0, 0.1) is 0 Å². The molecule has 0 spiro atoms. The van der Waals surface area contributed by atoms with Gasteiger partial charge in [-0.15, -0.1) is 0 Å². The van der Waals surface area contributed by atoms with Crippen molar-refractivity contribution in [1.82, 2.24) is 14.5 Å². The summed E-state index contributed by atoms with van der Waals surface area (Å²) in [6, 6.07) is 13.4. The maximum Gasteiger partial charge on any atom is 0.250 e. The monoisotopic (exact) mass is 428 g/mol. The fourth-order valence-electron chi connectivity index (χ4n) is 3.40. The lowest BCUT2D eigenvalue weighted by Gasteiger charge is -2.21.